The summed E-state index contributed by atoms with van der Waals surface area (Å²) >= 11 is 0. The fourth-order valence-electron chi connectivity index (χ4n) is 3.14. The first-order chi connectivity index (χ1) is 10.1. The molecule has 0 amide bonds. The first-order valence-electron chi connectivity index (χ1n) is 7.50. The Morgan fingerprint density at radius 1 is 1.05 bits per heavy atom. The SMILES string of the molecule is O=c1[nH]nc(C2CCCCN2S(=O)(=O)N2CCCCC2)[nH]1. The Balaban J connectivity index is 1.88. The number of hydrogen-bond acceptors (Lipinski definition) is 4. The summed E-state index contributed by atoms with van der Waals surface area (Å²) in [5.41, 5.74) is -0.397. The Morgan fingerprint density at radius 2 is 1.76 bits per heavy atom. The Morgan fingerprint density at radius 3 is 2.43 bits per heavy atom. The van der Waals surface area contributed by atoms with E-state index in [2.05, 4.69) is 15.2 Å². The van der Waals surface area contributed by atoms with Gasteiger partial charge < -0.3 is 0 Å². The molecule has 0 saturated carbocycles. The number of nitrogens with zero attached hydrogens (tertiary/aromatic N) is 3. The van der Waals surface area contributed by atoms with Crippen molar-refractivity contribution in [1.82, 2.24) is 23.8 Å². The Hall–Kier alpha value is -1.19. The average Bonchev–Trinajstić information content (AvgIpc) is 2.95. The zero-order valence-electron chi connectivity index (χ0n) is 11.9. The molecule has 2 fully saturated rings. The van der Waals surface area contributed by atoms with Crippen molar-refractivity contribution in [1.29, 1.82) is 0 Å². The third-order valence-electron chi connectivity index (χ3n) is 4.23. The molecule has 2 aliphatic rings. The lowest BCUT2D eigenvalue weighted by molar-refractivity contribution is 0.219. The van der Waals surface area contributed by atoms with Gasteiger partial charge in [-0.1, -0.05) is 12.8 Å². The van der Waals surface area contributed by atoms with E-state index in [9.17, 15) is 13.2 Å². The molecular formula is C12H21N5O3S. The molecule has 3 rings (SSSR count). The zero-order valence-corrected chi connectivity index (χ0v) is 12.7. The summed E-state index contributed by atoms with van der Waals surface area (Å²) in [6.45, 7) is 1.66. The van der Waals surface area contributed by atoms with Crippen molar-refractivity contribution in [2.24, 2.45) is 0 Å². The van der Waals surface area contributed by atoms with Crippen molar-refractivity contribution in [3.05, 3.63) is 16.3 Å². The lowest BCUT2D eigenvalue weighted by Gasteiger charge is -2.38. The molecule has 3 heterocycles. The second-order valence-corrected chi connectivity index (χ2v) is 7.53. The number of hydrogen-bond donors (Lipinski definition) is 2. The highest BCUT2D eigenvalue weighted by Gasteiger charge is 2.38. The fraction of sp³-hybridized carbons (Fsp3) is 0.833. The molecule has 0 spiro atoms. The maximum absolute atomic E-state index is 12.9. The number of nitrogens with one attached hydrogen (secondary N) is 2. The average molecular weight is 315 g/mol. The van der Waals surface area contributed by atoms with E-state index in [4.69, 9.17) is 0 Å². The van der Waals surface area contributed by atoms with Crippen LogP contribution in [0.3, 0.4) is 0 Å². The van der Waals surface area contributed by atoms with Gasteiger partial charge in [0.2, 0.25) is 0 Å². The zero-order chi connectivity index (χ0) is 14.9. The van der Waals surface area contributed by atoms with Crippen molar-refractivity contribution in [3.8, 4) is 0 Å². The van der Waals surface area contributed by atoms with Crippen LogP contribution < -0.4 is 5.69 Å². The first kappa shape index (κ1) is 14.7. The quantitative estimate of drug-likeness (QED) is 0.840. The van der Waals surface area contributed by atoms with E-state index in [1.54, 1.807) is 4.31 Å². The molecular weight excluding hydrogens is 294 g/mol. The summed E-state index contributed by atoms with van der Waals surface area (Å²) in [5.74, 6) is 0.417. The van der Waals surface area contributed by atoms with Gasteiger partial charge in [0.1, 0.15) is 5.82 Å². The number of aromatic amines is 2. The van der Waals surface area contributed by atoms with Crippen LogP contribution in [0.15, 0.2) is 4.79 Å². The Kier molecular flexibility index (Phi) is 4.14. The third kappa shape index (κ3) is 2.90. The van der Waals surface area contributed by atoms with Gasteiger partial charge in [0.05, 0.1) is 6.04 Å². The number of piperidine rings is 2. The molecule has 118 valence electrons. The summed E-state index contributed by atoms with van der Waals surface area (Å²) < 4.78 is 28.8. The van der Waals surface area contributed by atoms with E-state index in [1.807, 2.05) is 0 Å². The minimum atomic E-state index is -3.48. The van der Waals surface area contributed by atoms with E-state index in [0.29, 0.717) is 31.9 Å². The largest absolute Gasteiger partial charge is 0.340 e. The van der Waals surface area contributed by atoms with Crippen LogP contribution in [0.25, 0.3) is 0 Å². The first-order valence-corrected chi connectivity index (χ1v) is 8.90. The van der Waals surface area contributed by atoms with Crippen molar-refractivity contribution in [2.45, 2.75) is 44.6 Å². The van der Waals surface area contributed by atoms with Gasteiger partial charge >= 0.3 is 5.69 Å². The molecule has 0 aromatic carbocycles. The van der Waals surface area contributed by atoms with E-state index in [0.717, 1.165) is 32.1 Å². The van der Waals surface area contributed by atoms with Crippen molar-refractivity contribution in [3.63, 3.8) is 0 Å². The van der Waals surface area contributed by atoms with Crippen molar-refractivity contribution < 1.29 is 8.42 Å². The normalized spacial score (nSPS) is 26.0. The molecule has 0 bridgehead atoms. The summed E-state index contributed by atoms with van der Waals surface area (Å²) in [4.78, 5) is 13.8. The van der Waals surface area contributed by atoms with Crippen LogP contribution in [0.4, 0.5) is 0 Å². The lowest BCUT2D eigenvalue weighted by atomic mass is 10.0. The maximum atomic E-state index is 12.9. The molecule has 1 atom stereocenters. The molecule has 2 saturated heterocycles. The van der Waals surface area contributed by atoms with Gasteiger partial charge in [-0.05, 0) is 25.7 Å². The van der Waals surface area contributed by atoms with Crippen molar-refractivity contribution in [2.75, 3.05) is 19.6 Å². The van der Waals surface area contributed by atoms with Crippen LogP contribution in [0.2, 0.25) is 0 Å². The smallest absolute Gasteiger partial charge is 0.292 e. The summed E-state index contributed by atoms with van der Waals surface area (Å²) in [7, 11) is -3.48. The number of rotatable bonds is 3. The topological polar surface area (TPSA) is 102 Å². The Bertz CT molecular complexity index is 631. The highest BCUT2D eigenvalue weighted by Crippen LogP contribution is 2.32. The van der Waals surface area contributed by atoms with Gasteiger partial charge in [-0.15, -0.1) is 0 Å². The van der Waals surface area contributed by atoms with Crippen LogP contribution in [-0.4, -0.2) is 51.8 Å². The highest BCUT2D eigenvalue weighted by molar-refractivity contribution is 7.86. The van der Waals surface area contributed by atoms with E-state index in [-0.39, 0.29) is 6.04 Å². The molecule has 9 heteroatoms. The molecule has 8 nitrogen and oxygen atoms in total. The predicted octanol–water partition coefficient (Wildman–Crippen LogP) is 0.356. The van der Waals surface area contributed by atoms with E-state index >= 15 is 0 Å². The second-order valence-electron chi connectivity index (χ2n) is 5.65. The van der Waals surface area contributed by atoms with Gasteiger partial charge in [-0.2, -0.15) is 22.1 Å². The van der Waals surface area contributed by atoms with Crippen LogP contribution in [-0.2, 0) is 10.2 Å². The van der Waals surface area contributed by atoms with Gasteiger partial charge in [-0.25, -0.2) is 9.89 Å². The standard InChI is InChI=1S/C12H21N5O3S/c18-12-13-11(14-15-12)10-6-2-5-9-17(10)21(19,20)16-7-3-1-4-8-16/h10H,1-9H2,(H2,13,14,15,18). The van der Waals surface area contributed by atoms with Gasteiger partial charge in [-0.3, -0.25) is 4.98 Å². The van der Waals surface area contributed by atoms with Crippen molar-refractivity contribution >= 4 is 10.2 Å². The third-order valence-corrected chi connectivity index (χ3v) is 6.27. The molecule has 1 aromatic rings. The molecule has 1 unspecified atom stereocenters. The van der Waals surface area contributed by atoms with Crippen LogP contribution >= 0.6 is 0 Å². The van der Waals surface area contributed by atoms with Crippen LogP contribution in [0.5, 0.6) is 0 Å². The molecule has 0 aliphatic carbocycles. The summed E-state index contributed by atoms with van der Waals surface area (Å²) in [5, 5.41) is 6.25. The minimum Gasteiger partial charge on any atom is -0.292 e. The molecule has 21 heavy (non-hydrogen) atoms. The Labute approximate surface area is 123 Å². The highest BCUT2D eigenvalue weighted by atomic mass is 32.2. The summed E-state index contributed by atoms with van der Waals surface area (Å²) in [6.07, 6.45) is 5.38. The number of H-pyrrole nitrogens is 2. The second kappa shape index (κ2) is 5.90. The summed E-state index contributed by atoms with van der Waals surface area (Å²) in [6, 6.07) is -0.371. The monoisotopic (exact) mass is 315 g/mol. The van der Waals surface area contributed by atoms with E-state index < -0.39 is 15.9 Å². The number of aromatic nitrogens is 3. The van der Waals surface area contributed by atoms with Gasteiger partial charge in [0.25, 0.3) is 10.2 Å². The molecule has 0 radical (unpaired) electrons. The predicted molar refractivity (Wildman–Crippen MR) is 76.9 cm³/mol. The lowest BCUT2D eigenvalue weighted by Crippen LogP contribution is -2.49. The van der Waals surface area contributed by atoms with Crippen LogP contribution in [0, 0.1) is 0 Å². The van der Waals surface area contributed by atoms with E-state index in [1.165, 1.54) is 4.31 Å². The molecule has 2 aliphatic heterocycles. The van der Waals surface area contributed by atoms with Gasteiger partial charge in [0.15, 0.2) is 0 Å². The molecule has 2 N–H and O–H groups in total. The van der Waals surface area contributed by atoms with Crippen LogP contribution in [0.1, 0.15) is 50.4 Å². The fourth-order valence-corrected chi connectivity index (χ4v) is 5.04. The minimum absolute atomic E-state index is 0.371. The molecule has 1 aromatic heterocycles. The van der Waals surface area contributed by atoms with Gasteiger partial charge in [0, 0.05) is 19.6 Å². The maximum Gasteiger partial charge on any atom is 0.340 e.